The quantitative estimate of drug-likeness (QED) is 0.0204. The molecule has 2 aliphatic heterocycles. The molecule has 498 valence electrons. The van der Waals surface area contributed by atoms with Crippen LogP contribution in [0, 0.1) is 0 Å². The highest BCUT2D eigenvalue weighted by molar-refractivity contribution is 5.76. The summed E-state index contributed by atoms with van der Waals surface area (Å²) in [6.07, 6.45) is 65.3. The summed E-state index contributed by atoms with van der Waals surface area (Å²) in [6, 6.07) is -0.956. The van der Waals surface area contributed by atoms with Gasteiger partial charge < -0.3 is 65.1 Å². The van der Waals surface area contributed by atoms with Crippen molar-refractivity contribution in [3.05, 3.63) is 122 Å². The highest BCUT2D eigenvalue weighted by atomic mass is 16.7. The summed E-state index contributed by atoms with van der Waals surface area (Å²) in [7, 11) is 0. The van der Waals surface area contributed by atoms with Crippen molar-refractivity contribution >= 4 is 5.91 Å². The zero-order valence-electron chi connectivity index (χ0n) is 54.0. The predicted octanol–water partition coefficient (Wildman–Crippen LogP) is 13.7. The second-order valence-electron chi connectivity index (χ2n) is 23.6. The lowest BCUT2D eigenvalue weighted by atomic mass is 9.97. The summed E-state index contributed by atoms with van der Waals surface area (Å²) < 4.78 is 22.8. The lowest BCUT2D eigenvalue weighted by Crippen LogP contribution is -2.65. The van der Waals surface area contributed by atoms with Crippen molar-refractivity contribution in [3.63, 3.8) is 0 Å². The van der Waals surface area contributed by atoms with Gasteiger partial charge in [-0.25, -0.2) is 0 Å². The molecule has 2 fully saturated rings. The summed E-state index contributed by atoms with van der Waals surface area (Å²) in [6.45, 7) is 2.66. The highest BCUT2D eigenvalue weighted by Crippen LogP contribution is 2.30. The van der Waals surface area contributed by atoms with Gasteiger partial charge in [0.1, 0.15) is 48.8 Å². The fraction of sp³-hybridized carbons (Fsp3) is 0.712. The van der Waals surface area contributed by atoms with Crippen molar-refractivity contribution in [2.45, 2.75) is 312 Å². The van der Waals surface area contributed by atoms with Crippen LogP contribution in [0.25, 0.3) is 0 Å². The molecule has 0 aliphatic carbocycles. The Kier molecular flexibility index (Phi) is 51.5. The van der Waals surface area contributed by atoms with Gasteiger partial charge in [0.05, 0.1) is 32.0 Å². The van der Waals surface area contributed by atoms with Gasteiger partial charge in [0.15, 0.2) is 12.6 Å². The van der Waals surface area contributed by atoms with Crippen LogP contribution in [0.3, 0.4) is 0 Å². The number of unbranched alkanes of at least 4 members (excludes halogenated alkanes) is 23. The van der Waals surface area contributed by atoms with Gasteiger partial charge in [-0.15, -0.1) is 0 Å². The first-order valence-electron chi connectivity index (χ1n) is 34.3. The third-order valence-corrected chi connectivity index (χ3v) is 15.9. The molecule has 2 heterocycles. The molecule has 2 rings (SSSR count). The summed E-state index contributed by atoms with van der Waals surface area (Å²) in [5.74, 6) is -0.300. The van der Waals surface area contributed by atoms with Crippen LogP contribution in [0.15, 0.2) is 122 Å². The Morgan fingerprint density at radius 1 is 0.425 bits per heavy atom. The molecule has 14 heteroatoms. The van der Waals surface area contributed by atoms with E-state index >= 15 is 0 Å². The number of amides is 1. The number of rotatable bonds is 54. The Morgan fingerprint density at radius 3 is 1.21 bits per heavy atom. The first-order chi connectivity index (χ1) is 42.6. The van der Waals surface area contributed by atoms with E-state index in [0.29, 0.717) is 12.8 Å². The Balaban J connectivity index is 1.75. The van der Waals surface area contributed by atoms with Crippen LogP contribution in [0.1, 0.15) is 239 Å². The Labute approximate surface area is 527 Å². The monoisotopic (exact) mass is 1220 g/mol. The minimum Gasteiger partial charge on any atom is -0.394 e. The third kappa shape index (κ3) is 40.7. The molecule has 1 amide bonds. The summed E-state index contributed by atoms with van der Waals surface area (Å²) in [4.78, 5) is 13.3. The first-order valence-corrected chi connectivity index (χ1v) is 34.3. The van der Waals surface area contributed by atoms with Crippen LogP contribution < -0.4 is 5.32 Å². The van der Waals surface area contributed by atoms with E-state index in [1.807, 2.05) is 6.08 Å². The minimum atomic E-state index is -1.80. The Hall–Kier alpha value is -3.61. The van der Waals surface area contributed by atoms with Gasteiger partial charge in [-0.3, -0.25) is 4.79 Å². The molecule has 0 spiro atoms. The molecule has 14 nitrogen and oxygen atoms in total. The average Bonchev–Trinajstić information content (AvgIpc) is 1.55. The van der Waals surface area contributed by atoms with Crippen LogP contribution >= 0.6 is 0 Å². The molecular formula is C73H123NO13. The number of aliphatic hydroxyl groups is 8. The largest absolute Gasteiger partial charge is 0.394 e. The summed E-state index contributed by atoms with van der Waals surface area (Å²) >= 11 is 0. The number of allylic oxidation sites excluding steroid dienone is 19. The molecule has 12 atom stereocenters. The van der Waals surface area contributed by atoms with Gasteiger partial charge in [0, 0.05) is 6.42 Å². The van der Waals surface area contributed by atoms with Crippen molar-refractivity contribution < 1.29 is 64.6 Å². The fourth-order valence-electron chi connectivity index (χ4n) is 10.5. The lowest BCUT2D eigenvalue weighted by Gasteiger charge is -2.46. The zero-order chi connectivity index (χ0) is 63.1. The molecule has 0 saturated carbocycles. The molecule has 0 aromatic heterocycles. The van der Waals surface area contributed by atoms with E-state index in [1.165, 1.54) is 122 Å². The van der Waals surface area contributed by atoms with Crippen molar-refractivity contribution in [2.24, 2.45) is 0 Å². The minimum absolute atomic E-state index is 0.193. The number of hydrogen-bond donors (Lipinski definition) is 9. The summed E-state index contributed by atoms with van der Waals surface area (Å²) in [5.41, 5.74) is 0. The maximum absolute atomic E-state index is 13.3. The van der Waals surface area contributed by atoms with Crippen molar-refractivity contribution in [1.82, 2.24) is 5.32 Å². The smallest absolute Gasteiger partial charge is 0.220 e. The normalized spacial score (nSPS) is 24.1. The van der Waals surface area contributed by atoms with E-state index in [9.17, 15) is 45.6 Å². The van der Waals surface area contributed by atoms with Gasteiger partial charge in [-0.05, 0) is 83.5 Å². The molecule has 0 radical (unpaired) electrons. The standard InChI is InChI=1S/C73H123NO13/c1-3-5-7-9-11-13-15-17-19-21-23-25-27-29-30-31-32-33-35-37-39-41-43-45-47-49-51-53-55-57-65(78)74-61(60-84-72-70(83)68(81)71(64(59-76)86-72)87-73-69(82)67(80)66(79)63(58-75)85-73)62(77)56-54-52-50-48-46-44-42-40-38-36-34-28-26-24-22-20-18-16-14-12-10-8-6-4-2/h5,7,11,13,17,19,23,25,29-30,32-33,37,39,43,45,49,51,54,56,61-64,66-73,75-77,79-83H,3-4,6,8-10,12,14-16,18,20-22,24,26-28,31,34-36,38,40-42,44,46-48,50,52-53,55,57-60H2,1-2H3,(H,74,78)/b7-5-,13-11-,19-17-,25-23-,30-29-,33-32-,39-37-,45-43-,51-49-,56-54+. The average molecular weight is 1220 g/mol. The molecule has 9 N–H and O–H groups in total. The maximum atomic E-state index is 13.3. The van der Waals surface area contributed by atoms with Crippen LogP contribution in [0.2, 0.25) is 0 Å². The zero-order valence-corrected chi connectivity index (χ0v) is 54.0. The third-order valence-electron chi connectivity index (χ3n) is 15.9. The molecule has 0 bridgehead atoms. The fourth-order valence-corrected chi connectivity index (χ4v) is 10.5. The Morgan fingerprint density at radius 2 is 0.793 bits per heavy atom. The molecule has 0 aromatic carbocycles. The highest BCUT2D eigenvalue weighted by Gasteiger charge is 2.51. The van der Waals surface area contributed by atoms with Crippen molar-refractivity contribution in [2.75, 3.05) is 19.8 Å². The number of hydrogen-bond acceptors (Lipinski definition) is 13. The van der Waals surface area contributed by atoms with Crippen LogP contribution in [-0.4, -0.2) is 140 Å². The number of nitrogens with one attached hydrogen (secondary N) is 1. The molecule has 87 heavy (non-hydrogen) atoms. The molecule has 2 aliphatic rings. The van der Waals surface area contributed by atoms with E-state index in [4.69, 9.17) is 18.9 Å². The maximum Gasteiger partial charge on any atom is 0.220 e. The molecule has 0 aromatic rings. The van der Waals surface area contributed by atoms with Crippen molar-refractivity contribution in [1.29, 1.82) is 0 Å². The predicted molar refractivity (Wildman–Crippen MR) is 355 cm³/mol. The summed E-state index contributed by atoms with van der Waals surface area (Å²) in [5, 5.41) is 87.4. The van der Waals surface area contributed by atoms with Crippen LogP contribution in [-0.2, 0) is 23.7 Å². The number of carbonyl (C=O) groups excluding carboxylic acids is 1. The topological polar surface area (TPSA) is 228 Å². The van der Waals surface area contributed by atoms with Crippen LogP contribution in [0.5, 0.6) is 0 Å². The van der Waals surface area contributed by atoms with Gasteiger partial charge in [0.25, 0.3) is 0 Å². The van der Waals surface area contributed by atoms with E-state index in [2.05, 4.69) is 129 Å². The van der Waals surface area contributed by atoms with E-state index in [0.717, 1.165) is 83.5 Å². The van der Waals surface area contributed by atoms with Crippen molar-refractivity contribution in [3.8, 4) is 0 Å². The first kappa shape index (κ1) is 79.5. The Bertz CT molecular complexity index is 1920. The van der Waals surface area contributed by atoms with Gasteiger partial charge >= 0.3 is 0 Å². The molecular weight excluding hydrogens is 1100 g/mol. The van der Waals surface area contributed by atoms with Gasteiger partial charge in [-0.1, -0.05) is 270 Å². The molecule has 2 saturated heterocycles. The number of aliphatic hydroxyl groups excluding tert-OH is 8. The van der Waals surface area contributed by atoms with E-state index in [-0.39, 0.29) is 18.9 Å². The molecule has 12 unspecified atom stereocenters. The second kappa shape index (κ2) is 56.4. The van der Waals surface area contributed by atoms with Gasteiger partial charge in [0.2, 0.25) is 5.91 Å². The van der Waals surface area contributed by atoms with Gasteiger partial charge in [-0.2, -0.15) is 0 Å². The number of ether oxygens (including phenoxy) is 4. The van der Waals surface area contributed by atoms with Crippen LogP contribution in [0.4, 0.5) is 0 Å². The van der Waals surface area contributed by atoms with E-state index < -0.39 is 86.8 Å². The van der Waals surface area contributed by atoms with E-state index in [1.54, 1.807) is 6.08 Å². The second-order valence-corrected chi connectivity index (χ2v) is 23.6. The lowest BCUT2D eigenvalue weighted by molar-refractivity contribution is -0.359. The number of carbonyl (C=O) groups is 1. The SMILES string of the molecule is CC/C=C\C/C=C\C/C=C\C/C=C\C/C=C\C/C=C\C/C=C\C/C=C\C/C=C\CCCC(=O)NC(COC1OC(CO)C(OC2OC(CO)C(O)C(O)C2O)C(O)C1O)C(O)/C=C/CCCCCCCCCCCCCCCCCCCCCCCC.